The van der Waals surface area contributed by atoms with Crippen LogP contribution in [0.15, 0.2) is 12.3 Å². The molecule has 0 radical (unpaired) electrons. The number of rotatable bonds is 3. The van der Waals surface area contributed by atoms with Gasteiger partial charge in [0.1, 0.15) is 11.5 Å². The summed E-state index contributed by atoms with van der Waals surface area (Å²) >= 11 is 0. The van der Waals surface area contributed by atoms with Crippen LogP contribution >= 0.6 is 0 Å². The average molecular weight is 259 g/mol. The Morgan fingerprint density at radius 1 is 1.26 bits per heavy atom. The largest absolute Gasteiger partial charge is 0.382 e. The Hall–Kier alpha value is -1.65. The van der Waals surface area contributed by atoms with E-state index in [-0.39, 0.29) is 5.84 Å². The quantitative estimate of drug-likeness (QED) is 0.642. The molecule has 19 heavy (non-hydrogen) atoms. The molecule has 0 bridgehead atoms. The van der Waals surface area contributed by atoms with Crippen LogP contribution in [0.3, 0.4) is 0 Å². The van der Waals surface area contributed by atoms with E-state index in [2.05, 4.69) is 14.9 Å². The molecule has 2 fully saturated rings. The molecule has 3 N–H and O–H groups in total. The minimum atomic E-state index is 0.0141. The molecule has 1 aliphatic heterocycles. The maximum absolute atomic E-state index is 7.49. The van der Waals surface area contributed by atoms with Crippen LogP contribution in [0.1, 0.15) is 44.2 Å². The molecule has 1 saturated carbocycles. The molecule has 1 aromatic rings. The SMILES string of the molecule is N=C(N)c1ccnc(N2CCCC2C2CCCC2)n1. The van der Waals surface area contributed by atoms with E-state index in [9.17, 15) is 0 Å². The van der Waals surface area contributed by atoms with E-state index < -0.39 is 0 Å². The highest BCUT2D eigenvalue weighted by Gasteiger charge is 2.34. The molecular weight excluding hydrogens is 238 g/mol. The summed E-state index contributed by atoms with van der Waals surface area (Å²) in [5.74, 6) is 1.56. The van der Waals surface area contributed by atoms with Crippen LogP contribution in [0.5, 0.6) is 0 Å². The minimum Gasteiger partial charge on any atom is -0.382 e. The highest BCUT2D eigenvalue weighted by molar-refractivity contribution is 5.93. The van der Waals surface area contributed by atoms with Gasteiger partial charge in [-0.15, -0.1) is 0 Å². The zero-order valence-electron chi connectivity index (χ0n) is 11.2. The van der Waals surface area contributed by atoms with Crippen LogP contribution in [0.25, 0.3) is 0 Å². The number of nitrogens with zero attached hydrogens (tertiary/aromatic N) is 3. The average Bonchev–Trinajstić information content (AvgIpc) is 3.09. The molecule has 5 nitrogen and oxygen atoms in total. The summed E-state index contributed by atoms with van der Waals surface area (Å²) in [4.78, 5) is 11.2. The first-order chi connectivity index (χ1) is 9.25. The second kappa shape index (κ2) is 5.15. The highest BCUT2D eigenvalue weighted by atomic mass is 15.3. The van der Waals surface area contributed by atoms with E-state index in [1.54, 1.807) is 12.3 Å². The van der Waals surface area contributed by atoms with Crippen LogP contribution in [-0.2, 0) is 0 Å². The van der Waals surface area contributed by atoms with E-state index in [0.29, 0.717) is 11.7 Å². The lowest BCUT2D eigenvalue weighted by Gasteiger charge is -2.29. The maximum Gasteiger partial charge on any atom is 0.226 e. The molecule has 3 rings (SSSR count). The third-order valence-corrected chi connectivity index (χ3v) is 4.42. The number of amidine groups is 1. The number of hydrogen-bond donors (Lipinski definition) is 2. The second-order valence-electron chi connectivity index (χ2n) is 5.60. The summed E-state index contributed by atoms with van der Waals surface area (Å²) in [6, 6.07) is 2.29. The number of anilines is 1. The Balaban J connectivity index is 1.83. The van der Waals surface area contributed by atoms with Gasteiger partial charge in [0.05, 0.1) is 0 Å². The first-order valence-corrected chi connectivity index (χ1v) is 7.20. The van der Waals surface area contributed by atoms with Crippen molar-refractivity contribution in [3.8, 4) is 0 Å². The van der Waals surface area contributed by atoms with E-state index in [1.165, 1.54) is 38.5 Å². The van der Waals surface area contributed by atoms with E-state index in [0.717, 1.165) is 18.4 Å². The van der Waals surface area contributed by atoms with Crippen LogP contribution in [0, 0.1) is 11.3 Å². The number of nitrogens with one attached hydrogen (secondary N) is 1. The molecule has 1 unspecified atom stereocenters. The summed E-state index contributed by atoms with van der Waals surface area (Å²) in [7, 11) is 0. The second-order valence-corrected chi connectivity index (χ2v) is 5.60. The molecule has 102 valence electrons. The van der Waals surface area contributed by atoms with Gasteiger partial charge in [-0.1, -0.05) is 12.8 Å². The van der Waals surface area contributed by atoms with Gasteiger partial charge in [-0.25, -0.2) is 9.97 Å². The number of nitrogen functional groups attached to an aromatic ring is 1. The summed E-state index contributed by atoms with van der Waals surface area (Å²) in [6.07, 6.45) is 9.59. The third kappa shape index (κ3) is 2.41. The molecule has 0 amide bonds. The zero-order valence-corrected chi connectivity index (χ0v) is 11.2. The monoisotopic (exact) mass is 259 g/mol. The van der Waals surface area contributed by atoms with E-state index >= 15 is 0 Å². The molecule has 0 spiro atoms. The number of hydrogen-bond acceptors (Lipinski definition) is 4. The maximum atomic E-state index is 7.49. The van der Waals surface area contributed by atoms with Crippen molar-refractivity contribution in [2.45, 2.75) is 44.6 Å². The van der Waals surface area contributed by atoms with Gasteiger partial charge < -0.3 is 10.6 Å². The van der Waals surface area contributed by atoms with Gasteiger partial charge in [0.15, 0.2) is 0 Å². The van der Waals surface area contributed by atoms with Crippen LogP contribution in [0.2, 0.25) is 0 Å². The topological polar surface area (TPSA) is 78.9 Å². The molecule has 1 atom stereocenters. The van der Waals surface area contributed by atoms with Crippen molar-refractivity contribution in [2.75, 3.05) is 11.4 Å². The Bertz CT molecular complexity index is 467. The lowest BCUT2D eigenvalue weighted by molar-refractivity contribution is 0.427. The summed E-state index contributed by atoms with van der Waals surface area (Å²) in [5.41, 5.74) is 6.04. The predicted molar refractivity (Wildman–Crippen MR) is 75.4 cm³/mol. The number of aromatic nitrogens is 2. The van der Waals surface area contributed by atoms with E-state index in [1.807, 2.05) is 0 Å². The van der Waals surface area contributed by atoms with Gasteiger partial charge >= 0.3 is 0 Å². The van der Waals surface area contributed by atoms with Gasteiger partial charge in [0.2, 0.25) is 5.95 Å². The van der Waals surface area contributed by atoms with Crippen LogP contribution < -0.4 is 10.6 Å². The van der Waals surface area contributed by atoms with Gasteiger partial charge in [-0.05, 0) is 37.7 Å². The Morgan fingerprint density at radius 2 is 2.05 bits per heavy atom. The first kappa shape index (κ1) is 12.4. The molecule has 1 aromatic heterocycles. The predicted octanol–water partition coefficient (Wildman–Crippen LogP) is 1.92. The van der Waals surface area contributed by atoms with Crippen molar-refractivity contribution in [3.05, 3.63) is 18.0 Å². The molecule has 2 heterocycles. The Morgan fingerprint density at radius 3 is 2.79 bits per heavy atom. The fourth-order valence-electron chi connectivity index (χ4n) is 3.51. The van der Waals surface area contributed by atoms with Crippen molar-refractivity contribution in [1.29, 1.82) is 5.41 Å². The normalized spacial score (nSPS) is 24.0. The van der Waals surface area contributed by atoms with Gasteiger partial charge in [0, 0.05) is 18.8 Å². The fourth-order valence-corrected chi connectivity index (χ4v) is 3.51. The van der Waals surface area contributed by atoms with Crippen molar-refractivity contribution < 1.29 is 0 Å². The summed E-state index contributed by atoms with van der Waals surface area (Å²) in [5, 5.41) is 7.49. The van der Waals surface area contributed by atoms with Crippen molar-refractivity contribution >= 4 is 11.8 Å². The van der Waals surface area contributed by atoms with Crippen molar-refractivity contribution in [2.24, 2.45) is 11.7 Å². The van der Waals surface area contributed by atoms with Gasteiger partial charge in [-0.2, -0.15) is 0 Å². The first-order valence-electron chi connectivity index (χ1n) is 7.20. The Labute approximate surface area is 113 Å². The smallest absolute Gasteiger partial charge is 0.226 e. The van der Waals surface area contributed by atoms with Crippen LogP contribution in [-0.4, -0.2) is 28.4 Å². The standard InChI is InChI=1S/C14H21N5/c15-13(16)11-7-8-17-14(18-11)19-9-3-6-12(19)10-4-1-2-5-10/h7-8,10,12H,1-6,9H2,(H3,15,16). The van der Waals surface area contributed by atoms with Crippen molar-refractivity contribution in [1.82, 2.24) is 9.97 Å². The van der Waals surface area contributed by atoms with Crippen molar-refractivity contribution in [3.63, 3.8) is 0 Å². The summed E-state index contributed by atoms with van der Waals surface area (Å²) < 4.78 is 0. The fraction of sp³-hybridized carbons (Fsp3) is 0.643. The van der Waals surface area contributed by atoms with Gasteiger partial charge in [-0.3, -0.25) is 5.41 Å². The molecule has 0 aromatic carbocycles. The molecule has 2 aliphatic rings. The Kier molecular flexibility index (Phi) is 3.36. The lowest BCUT2D eigenvalue weighted by Crippen LogP contribution is -2.36. The third-order valence-electron chi connectivity index (χ3n) is 4.42. The lowest BCUT2D eigenvalue weighted by atomic mass is 9.96. The minimum absolute atomic E-state index is 0.0141. The molecular formula is C14H21N5. The number of nitrogens with two attached hydrogens (primary N) is 1. The molecule has 1 saturated heterocycles. The zero-order chi connectivity index (χ0) is 13.2. The molecule has 5 heteroatoms. The highest BCUT2D eigenvalue weighted by Crippen LogP contribution is 2.36. The molecule has 1 aliphatic carbocycles. The van der Waals surface area contributed by atoms with Gasteiger partial charge in [0.25, 0.3) is 0 Å². The summed E-state index contributed by atoms with van der Waals surface area (Å²) in [6.45, 7) is 1.03. The van der Waals surface area contributed by atoms with Crippen LogP contribution in [0.4, 0.5) is 5.95 Å². The van der Waals surface area contributed by atoms with E-state index in [4.69, 9.17) is 11.1 Å².